The SMILES string of the molecule is Cc1ccc(COc2cccc(/C=C3/C(=O)NC(=O)N(c4ccccc4Cl)C3=O)c2)cc1. The number of amides is 4. The molecule has 4 rings (SSSR count). The minimum absolute atomic E-state index is 0.180. The summed E-state index contributed by atoms with van der Waals surface area (Å²) in [4.78, 5) is 38.6. The molecule has 1 saturated heterocycles. The first-order chi connectivity index (χ1) is 15.4. The zero-order valence-electron chi connectivity index (χ0n) is 17.2. The van der Waals surface area contributed by atoms with E-state index in [9.17, 15) is 14.4 Å². The summed E-state index contributed by atoms with van der Waals surface area (Å²) in [5.41, 5.74) is 2.79. The molecule has 0 radical (unpaired) electrons. The van der Waals surface area contributed by atoms with E-state index in [1.165, 1.54) is 17.7 Å². The molecule has 0 aliphatic carbocycles. The van der Waals surface area contributed by atoms with E-state index in [4.69, 9.17) is 16.3 Å². The molecule has 1 aliphatic heterocycles. The highest BCUT2D eigenvalue weighted by atomic mass is 35.5. The van der Waals surface area contributed by atoms with Gasteiger partial charge in [0, 0.05) is 0 Å². The number of halogens is 1. The van der Waals surface area contributed by atoms with E-state index < -0.39 is 17.8 Å². The number of carbonyl (C=O) groups is 3. The molecule has 160 valence electrons. The van der Waals surface area contributed by atoms with Gasteiger partial charge in [-0.3, -0.25) is 14.9 Å². The number of hydrogen-bond donors (Lipinski definition) is 1. The van der Waals surface area contributed by atoms with Crippen molar-refractivity contribution in [3.05, 3.63) is 100 Å². The second-order valence-electron chi connectivity index (χ2n) is 7.26. The standard InChI is InChI=1S/C25H19ClN2O4/c1-16-9-11-17(12-10-16)15-32-19-6-4-5-18(13-19)14-20-23(29)27-25(31)28(24(20)30)22-8-3-2-7-21(22)26/h2-14H,15H2,1H3,(H,27,29,31)/b20-14-. The first-order valence-electron chi connectivity index (χ1n) is 9.87. The van der Waals surface area contributed by atoms with Gasteiger partial charge in [0.15, 0.2) is 0 Å². The Morgan fingerprint density at radius 2 is 1.72 bits per heavy atom. The van der Waals surface area contributed by atoms with Crippen LogP contribution in [0.2, 0.25) is 5.02 Å². The molecule has 4 amide bonds. The van der Waals surface area contributed by atoms with E-state index in [2.05, 4.69) is 5.32 Å². The maximum atomic E-state index is 13.0. The number of imide groups is 2. The molecule has 6 nitrogen and oxygen atoms in total. The topological polar surface area (TPSA) is 75.7 Å². The molecule has 32 heavy (non-hydrogen) atoms. The van der Waals surface area contributed by atoms with Gasteiger partial charge in [0.25, 0.3) is 11.8 Å². The fourth-order valence-corrected chi connectivity index (χ4v) is 3.44. The molecule has 1 N–H and O–H groups in total. The van der Waals surface area contributed by atoms with Gasteiger partial charge in [0.2, 0.25) is 0 Å². The van der Waals surface area contributed by atoms with Gasteiger partial charge in [-0.05, 0) is 48.4 Å². The van der Waals surface area contributed by atoms with Crippen LogP contribution in [-0.4, -0.2) is 17.8 Å². The number of anilines is 1. The summed E-state index contributed by atoms with van der Waals surface area (Å²) in [5.74, 6) is -0.935. The fourth-order valence-electron chi connectivity index (χ4n) is 3.22. The molecule has 1 fully saturated rings. The molecule has 1 heterocycles. The van der Waals surface area contributed by atoms with Crippen molar-refractivity contribution in [1.82, 2.24) is 5.32 Å². The first-order valence-corrected chi connectivity index (χ1v) is 10.2. The van der Waals surface area contributed by atoms with Gasteiger partial charge < -0.3 is 4.74 Å². The number of nitrogens with one attached hydrogen (secondary N) is 1. The van der Waals surface area contributed by atoms with E-state index in [1.807, 2.05) is 31.2 Å². The number of aryl methyl sites for hydroxylation is 1. The third-order valence-electron chi connectivity index (χ3n) is 4.89. The summed E-state index contributed by atoms with van der Waals surface area (Å²) in [7, 11) is 0. The maximum Gasteiger partial charge on any atom is 0.335 e. The predicted octanol–water partition coefficient (Wildman–Crippen LogP) is 4.89. The number of hydrogen-bond acceptors (Lipinski definition) is 4. The molecule has 0 unspecified atom stereocenters. The van der Waals surface area contributed by atoms with E-state index in [0.717, 1.165) is 10.5 Å². The van der Waals surface area contributed by atoms with Crippen LogP contribution in [0.4, 0.5) is 10.5 Å². The van der Waals surface area contributed by atoms with Gasteiger partial charge in [-0.2, -0.15) is 0 Å². The van der Waals surface area contributed by atoms with Gasteiger partial charge >= 0.3 is 6.03 Å². The third kappa shape index (κ3) is 4.55. The van der Waals surface area contributed by atoms with Crippen LogP contribution < -0.4 is 15.0 Å². The number of barbiturate groups is 1. The molecular formula is C25H19ClN2O4. The number of urea groups is 1. The minimum Gasteiger partial charge on any atom is -0.489 e. The Morgan fingerprint density at radius 1 is 0.969 bits per heavy atom. The first kappa shape index (κ1) is 21.3. The highest BCUT2D eigenvalue weighted by Crippen LogP contribution is 2.29. The van der Waals surface area contributed by atoms with Crippen LogP contribution in [0.15, 0.2) is 78.4 Å². The van der Waals surface area contributed by atoms with Crippen molar-refractivity contribution in [3.63, 3.8) is 0 Å². The van der Waals surface area contributed by atoms with Crippen molar-refractivity contribution in [1.29, 1.82) is 0 Å². The number of rotatable bonds is 5. The Bertz CT molecular complexity index is 1230. The number of ether oxygens (including phenoxy) is 1. The average Bonchev–Trinajstić information content (AvgIpc) is 2.78. The van der Waals surface area contributed by atoms with Gasteiger partial charge in [-0.25, -0.2) is 9.69 Å². The monoisotopic (exact) mass is 446 g/mol. The van der Waals surface area contributed by atoms with Gasteiger partial charge in [0.05, 0.1) is 10.7 Å². The third-order valence-corrected chi connectivity index (χ3v) is 5.21. The number of nitrogens with zero attached hydrogens (tertiary/aromatic N) is 1. The molecular weight excluding hydrogens is 428 g/mol. The molecule has 0 bridgehead atoms. The van der Waals surface area contributed by atoms with Crippen LogP contribution in [0.3, 0.4) is 0 Å². The molecule has 3 aromatic rings. The Morgan fingerprint density at radius 3 is 2.47 bits per heavy atom. The van der Waals surface area contributed by atoms with Crippen molar-refractivity contribution in [2.75, 3.05) is 4.90 Å². The summed E-state index contributed by atoms with van der Waals surface area (Å²) in [6.07, 6.45) is 1.42. The lowest BCUT2D eigenvalue weighted by molar-refractivity contribution is -0.122. The molecule has 0 spiro atoms. The van der Waals surface area contributed by atoms with Crippen molar-refractivity contribution in [3.8, 4) is 5.75 Å². The Balaban J connectivity index is 1.58. The predicted molar refractivity (Wildman–Crippen MR) is 122 cm³/mol. The van der Waals surface area contributed by atoms with Crippen molar-refractivity contribution in [2.24, 2.45) is 0 Å². The minimum atomic E-state index is -0.847. The Kier molecular flexibility index (Phi) is 6.05. The zero-order chi connectivity index (χ0) is 22.7. The van der Waals surface area contributed by atoms with E-state index in [1.54, 1.807) is 42.5 Å². The summed E-state index contributed by atoms with van der Waals surface area (Å²) < 4.78 is 5.84. The van der Waals surface area contributed by atoms with Crippen molar-refractivity contribution in [2.45, 2.75) is 13.5 Å². The van der Waals surface area contributed by atoms with Crippen molar-refractivity contribution >= 4 is 41.2 Å². The second-order valence-corrected chi connectivity index (χ2v) is 7.66. The van der Waals surface area contributed by atoms with Crippen LogP contribution in [0, 0.1) is 6.92 Å². The fraction of sp³-hybridized carbons (Fsp3) is 0.0800. The number of carbonyl (C=O) groups excluding carboxylic acids is 3. The lowest BCUT2D eigenvalue weighted by atomic mass is 10.1. The van der Waals surface area contributed by atoms with E-state index >= 15 is 0 Å². The molecule has 7 heteroatoms. The highest BCUT2D eigenvalue weighted by Gasteiger charge is 2.37. The summed E-state index contributed by atoms with van der Waals surface area (Å²) in [5, 5.41) is 2.41. The molecule has 0 saturated carbocycles. The molecule has 1 aliphatic rings. The molecule has 3 aromatic carbocycles. The van der Waals surface area contributed by atoms with E-state index in [-0.39, 0.29) is 16.3 Å². The smallest absolute Gasteiger partial charge is 0.335 e. The van der Waals surface area contributed by atoms with Crippen LogP contribution in [0.1, 0.15) is 16.7 Å². The largest absolute Gasteiger partial charge is 0.489 e. The van der Waals surface area contributed by atoms with Crippen LogP contribution in [-0.2, 0) is 16.2 Å². The lowest BCUT2D eigenvalue weighted by Crippen LogP contribution is -2.54. The number of benzene rings is 3. The Labute approximate surface area is 190 Å². The Hall–Kier alpha value is -3.90. The lowest BCUT2D eigenvalue weighted by Gasteiger charge is -2.27. The summed E-state index contributed by atoms with van der Waals surface area (Å²) in [6.45, 7) is 2.40. The van der Waals surface area contributed by atoms with Crippen molar-refractivity contribution < 1.29 is 19.1 Å². The normalized spacial score (nSPS) is 15.1. The van der Waals surface area contributed by atoms with Gasteiger partial charge in [-0.1, -0.05) is 65.7 Å². The molecule has 0 aromatic heterocycles. The van der Waals surface area contributed by atoms with Crippen LogP contribution in [0.25, 0.3) is 6.08 Å². The van der Waals surface area contributed by atoms with Crippen LogP contribution in [0.5, 0.6) is 5.75 Å². The zero-order valence-corrected chi connectivity index (χ0v) is 17.9. The molecule has 0 atom stereocenters. The highest BCUT2D eigenvalue weighted by molar-refractivity contribution is 6.42. The van der Waals surface area contributed by atoms with Crippen LogP contribution >= 0.6 is 11.6 Å². The van der Waals surface area contributed by atoms with Gasteiger partial charge in [0.1, 0.15) is 17.9 Å². The second kappa shape index (κ2) is 9.08. The summed E-state index contributed by atoms with van der Waals surface area (Å²) >= 11 is 6.15. The van der Waals surface area contributed by atoms with E-state index in [0.29, 0.717) is 17.9 Å². The summed E-state index contributed by atoms with van der Waals surface area (Å²) in [6, 6.07) is 20.6. The average molecular weight is 447 g/mol. The van der Waals surface area contributed by atoms with Gasteiger partial charge in [-0.15, -0.1) is 0 Å². The maximum absolute atomic E-state index is 13.0. The quantitative estimate of drug-likeness (QED) is 0.447. The number of para-hydroxylation sites is 1.